The van der Waals surface area contributed by atoms with Crippen molar-refractivity contribution in [2.45, 2.75) is 32.4 Å². The first-order valence-corrected chi connectivity index (χ1v) is 8.21. The lowest BCUT2D eigenvalue weighted by Gasteiger charge is -2.12. The first kappa shape index (κ1) is 14.8. The van der Waals surface area contributed by atoms with Crippen LogP contribution < -0.4 is 0 Å². The molecule has 2 aromatic heterocycles. The average Bonchev–Trinajstić information content (AvgIpc) is 3.36. The molecule has 0 fully saturated rings. The minimum atomic E-state index is 0.0477. The van der Waals surface area contributed by atoms with Crippen LogP contribution in [0.2, 0.25) is 0 Å². The fourth-order valence-electron chi connectivity index (χ4n) is 3.01. The van der Waals surface area contributed by atoms with Gasteiger partial charge in [-0.15, -0.1) is 0 Å². The van der Waals surface area contributed by atoms with E-state index in [-0.39, 0.29) is 6.10 Å². The van der Waals surface area contributed by atoms with Gasteiger partial charge in [-0.1, -0.05) is 42.4 Å². The second-order valence-electron chi connectivity index (χ2n) is 5.88. The molecule has 0 N–H and O–H groups in total. The van der Waals surface area contributed by atoms with Crippen molar-refractivity contribution in [3.8, 4) is 22.7 Å². The van der Waals surface area contributed by atoms with Gasteiger partial charge >= 0.3 is 0 Å². The fourth-order valence-corrected chi connectivity index (χ4v) is 3.01. The van der Waals surface area contributed by atoms with E-state index in [2.05, 4.69) is 33.8 Å². The summed E-state index contributed by atoms with van der Waals surface area (Å²) in [4.78, 5) is 10.2. The lowest BCUT2D eigenvalue weighted by molar-refractivity contribution is 0.0727. The normalized spacial score (nSPS) is 16.9. The molecule has 0 saturated heterocycles. The fraction of sp³-hybridized carbons (Fsp3) is 0.263. The molecule has 1 atom stereocenters. The number of hydrogen-bond donors (Lipinski definition) is 0. The van der Waals surface area contributed by atoms with Crippen LogP contribution in [0, 0.1) is 0 Å². The SMILES string of the molecule is CCC1=NO[C@H](Cn2cnc(-c3ccccc3)c2-c2ccco2)C1. The van der Waals surface area contributed by atoms with E-state index >= 15 is 0 Å². The van der Waals surface area contributed by atoms with Gasteiger partial charge in [0.15, 0.2) is 11.9 Å². The molecule has 0 amide bonds. The first-order chi connectivity index (χ1) is 11.8. The van der Waals surface area contributed by atoms with Gasteiger partial charge in [-0.05, 0) is 18.6 Å². The summed E-state index contributed by atoms with van der Waals surface area (Å²) in [7, 11) is 0. The summed E-state index contributed by atoms with van der Waals surface area (Å²) in [6.07, 6.45) is 5.39. The quantitative estimate of drug-likeness (QED) is 0.701. The van der Waals surface area contributed by atoms with Crippen LogP contribution in [0.1, 0.15) is 19.8 Å². The molecular formula is C19H19N3O2. The van der Waals surface area contributed by atoms with Crippen LogP contribution in [0.3, 0.4) is 0 Å². The van der Waals surface area contributed by atoms with E-state index in [0.29, 0.717) is 6.54 Å². The lowest BCUT2D eigenvalue weighted by Crippen LogP contribution is -2.16. The number of oxime groups is 1. The van der Waals surface area contributed by atoms with Crippen LogP contribution >= 0.6 is 0 Å². The second kappa shape index (κ2) is 6.35. The average molecular weight is 321 g/mol. The van der Waals surface area contributed by atoms with E-state index in [1.54, 1.807) is 6.26 Å². The molecule has 1 aromatic carbocycles. The van der Waals surface area contributed by atoms with Gasteiger partial charge in [0.25, 0.3) is 0 Å². The molecule has 3 heterocycles. The van der Waals surface area contributed by atoms with Gasteiger partial charge in [0, 0.05) is 12.0 Å². The van der Waals surface area contributed by atoms with E-state index in [9.17, 15) is 0 Å². The lowest BCUT2D eigenvalue weighted by atomic mass is 10.1. The highest BCUT2D eigenvalue weighted by Gasteiger charge is 2.24. The van der Waals surface area contributed by atoms with Crippen LogP contribution in [0.4, 0.5) is 0 Å². The third-order valence-corrected chi connectivity index (χ3v) is 4.24. The Kier molecular flexibility index (Phi) is 3.91. The molecule has 1 aliphatic rings. The standard InChI is InChI=1S/C19H19N3O2/c1-2-15-11-16(24-21-15)12-22-13-20-18(14-7-4-3-5-8-14)19(22)17-9-6-10-23-17/h3-10,13,16H,2,11-12H2,1H3/t16-/m0/s1. The monoisotopic (exact) mass is 321 g/mol. The molecule has 5 nitrogen and oxygen atoms in total. The summed E-state index contributed by atoms with van der Waals surface area (Å²) in [6, 6.07) is 14.0. The van der Waals surface area contributed by atoms with Crippen molar-refractivity contribution in [1.29, 1.82) is 0 Å². The third-order valence-electron chi connectivity index (χ3n) is 4.24. The van der Waals surface area contributed by atoms with Crippen molar-refractivity contribution in [1.82, 2.24) is 9.55 Å². The molecule has 122 valence electrons. The molecule has 0 spiro atoms. The van der Waals surface area contributed by atoms with Crippen molar-refractivity contribution in [3.05, 3.63) is 55.1 Å². The molecule has 5 heteroatoms. The van der Waals surface area contributed by atoms with E-state index in [1.165, 1.54) is 0 Å². The molecule has 24 heavy (non-hydrogen) atoms. The maximum Gasteiger partial charge on any atom is 0.152 e. The minimum absolute atomic E-state index is 0.0477. The van der Waals surface area contributed by atoms with Crippen molar-refractivity contribution >= 4 is 5.71 Å². The largest absolute Gasteiger partial charge is 0.463 e. The molecule has 1 aliphatic heterocycles. The Morgan fingerprint density at radius 3 is 2.75 bits per heavy atom. The summed E-state index contributed by atoms with van der Waals surface area (Å²) < 4.78 is 7.75. The number of furan rings is 1. The van der Waals surface area contributed by atoms with Gasteiger partial charge in [0.2, 0.25) is 0 Å². The molecular weight excluding hydrogens is 302 g/mol. The third kappa shape index (κ3) is 2.73. The number of nitrogens with zero attached hydrogens (tertiary/aromatic N) is 3. The zero-order valence-electron chi connectivity index (χ0n) is 13.6. The molecule has 0 unspecified atom stereocenters. The summed E-state index contributed by atoms with van der Waals surface area (Å²) in [5.41, 5.74) is 4.07. The van der Waals surface area contributed by atoms with E-state index in [0.717, 1.165) is 41.3 Å². The van der Waals surface area contributed by atoms with Gasteiger partial charge < -0.3 is 13.8 Å². The van der Waals surface area contributed by atoms with Gasteiger partial charge in [-0.2, -0.15) is 0 Å². The number of aromatic nitrogens is 2. The Morgan fingerprint density at radius 2 is 2.04 bits per heavy atom. The molecule has 0 aliphatic carbocycles. The molecule has 0 radical (unpaired) electrons. The Morgan fingerprint density at radius 1 is 1.17 bits per heavy atom. The van der Waals surface area contributed by atoms with Crippen molar-refractivity contribution in [2.75, 3.05) is 0 Å². The van der Waals surface area contributed by atoms with E-state index in [1.807, 2.05) is 36.7 Å². The summed E-state index contributed by atoms with van der Waals surface area (Å²) in [5, 5.41) is 4.15. The Hall–Kier alpha value is -2.82. The van der Waals surface area contributed by atoms with E-state index in [4.69, 9.17) is 9.25 Å². The number of hydrogen-bond acceptors (Lipinski definition) is 4. The van der Waals surface area contributed by atoms with Gasteiger partial charge in [-0.3, -0.25) is 0 Å². The van der Waals surface area contributed by atoms with Crippen LogP contribution in [0.15, 0.2) is 64.6 Å². The van der Waals surface area contributed by atoms with Crippen LogP contribution in [0.25, 0.3) is 22.7 Å². The highest BCUT2D eigenvalue weighted by molar-refractivity contribution is 5.85. The highest BCUT2D eigenvalue weighted by Crippen LogP contribution is 2.32. The second-order valence-corrected chi connectivity index (χ2v) is 5.88. The maximum absolute atomic E-state index is 5.66. The van der Waals surface area contributed by atoms with Gasteiger partial charge in [0.1, 0.15) is 5.69 Å². The number of benzene rings is 1. The Bertz CT molecular complexity index is 835. The van der Waals surface area contributed by atoms with Crippen molar-refractivity contribution in [2.24, 2.45) is 5.16 Å². The molecule has 0 saturated carbocycles. The van der Waals surface area contributed by atoms with Gasteiger partial charge in [-0.25, -0.2) is 4.98 Å². The number of imidazole rings is 1. The first-order valence-electron chi connectivity index (χ1n) is 8.21. The van der Waals surface area contributed by atoms with E-state index < -0.39 is 0 Å². The van der Waals surface area contributed by atoms with Crippen LogP contribution in [0.5, 0.6) is 0 Å². The molecule has 3 aromatic rings. The smallest absolute Gasteiger partial charge is 0.152 e. The topological polar surface area (TPSA) is 52.5 Å². The van der Waals surface area contributed by atoms with Crippen LogP contribution in [-0.4, -0.2) is 21.4 Å². The summed E-state index contributed by atoms with van der Waals surface area (Å²) in [6.45, 7) is 2.80. The van der Waals surface area contributed by atoms with Crippen molar-refractivity contribution in [3.63, 3.8) is 0 Å². The maximum atomic E-state index is 5.66. The van der Waals surface area contributed by atoms with Crippen LogP contribution in [-0.2, 0) is 11.4 Å². The summed E-state index contributed by atoms with van der Waals surface area (Å²) >= 11 is 0. The predicted molar refractivity (Wildman–Crippen MR) is 92.6 cm³/mol. The summed E-state index contributed by atoms with van der Waals surface area (Å²) in [5.74, 6) is 0.806. The highest BCUT2D eigenvalue weighted by atomic mass is 16.6. The van der Waals surface area contributed by atoms with Gasteiger partial charge in [0.05, 0.1) is 30.5 Å². The minimum Gasteiger partial charge on any atom is -0.463 e. The Labute approximate surface area is 140 Å². The zero-order chi connectivity index (χ0) is 16.4. The Balaban J connectivity index is 1.69. The number of rotatable bonds is 5. The predicted octanol–water partition coefficient (Wildman–Crippen LogP) is 4.37. The van der Waals surface area contributed by atoms with Crippen molar-refractivity contribution < 1.29 is 9.25 Å². The molecule has 4 rings (SSSR count). The molecule has 0 bridgehead atoms. The zero-order valence-corrected chi connectivity index (χ0v) is 13.6.